The number of hydrogen-bond donors (Lipinski definition) is 1. The molecular formula is C16H15N3O2S. The Hall–Kier alpha value is -2.47. The number of fused-ring (bicyclic) bond motifs is 1. The Bertz CT molecular complexity index is 894. The van der Waals surface area contributed by atoms with E-state index in [4.69, 9.17) is 0 Å². The number of benzene rings is 1. The summed E-state index contributed by atoms with van der Waals surface area (Å²) < 4.78 is 1.42. The van der Waals surface area contributed by atoms with Crippen LogP contribution in [0.2, 0.25) is 0 Å². The van der Waals surface area contributed by atoms with Crippen molar-refractivity contribution in [2.45, 2.75) is 20.4 Å². The second kappa shape index (κ2) is 5.73. The Balaban J connectivity index is 1.81. The second-order valence-electron chi connectivity index (χ2n) is 5.14. The van der Waals surface area contributed by atoms with Crippen LogP contribution in [0, 0.1) is 13.8 Å². The molecule has 0 aliphatic carbocycles. The summed E-state index contributed by atoms with van der Waals surface area (Å²) in [7, 11) is 0. The van der Waals surface area contributed by atoms with Crippen molar-refractivity contribution in [2.24, 2.45) is 0 Å². The molecule has 0 spiro atoms. The number of carbonyl (C=O) groups is 1. The Morgan fingerprint density at radius 2 is 2.00 bits per heavy atom. The molecule has 0 bridgehead atoms. The zero-order valence-corrected chi connectivity index (χ0v) is 13.1. The van der Waals surface area contributed by atoms with E-state index in [0.717, 1.165) is 16.0 Å². The van der Waals surface area contributed by atoms with Crippen LogP contribution in [0.15, 0.2) is 41.5 Å². The van der Waals surface area contributed by atoms with Gasteiger partial charge in [-0.25, -0.2) is 4.98 Å². The molecule has 0 saturated carbocycles. The van der Waals surface area contributed by atoms with Crippen molar-refractivity contribution in [1.29, 1.82) is 0 Å². The first-order chi connectivity index (χ1) is 10.5. The molecule has 22 heavy (non-hydrogen) atoms. The molecule has 0 aliphatic heterocycles. The van der Waals surface area contributed by atoms with Gasteiger partial charge in [0.2, 0.25) is 0 Å². The van der Waals surface area contributed by atoms with Gasteiger partial charge < -0.3 is 5.32 Å². The molecule has 2 aromatic heterocycles. The number of nitrogens with one attached hydrogen (secondary N) is 1. The standard InChI is InChI=1S/C16H15N3O2S/c1-10-3-5-12(6-4-10)7-17-14(20)13-8-18-16-19(15(13)21)9-11(2)22-16/h3-6,8-9H,7H2,1-2H3,(H,17,20). The zero-order valence-electron chi connectivity index (χ0n) is 12.3. The van der Waals surface area contributed by atoms with Gasteiger partial charge in [0, 0.05) is 23.8 Å². The van der Waals surface area contributed by atoms with Gasteiger partial charge in [0.15, 0.2) is 4.96 Å². The molecule has 0 fully saturated rings. The lowest BCUT2D eigenvalue weighted by Crippen LogP contribution is -2.30. The molecule has 0 atom stereocenters. The van der Waals surface area contributed by atoms with Crippen LogP contribution < -0.4 is 10.9 Å². The molecule has 5 nitrogen and oxygen atoms in total. The van der Waals surface area contributed by atoms with Gasteiger partial charge in [-0.05, 0) is 19.4 Å². The number of nitrogens with zero attached hydrogens (tertiary/aromatic N) is 2. The average Bonchev–Trinajstić information content (AvgIpc) is 2.88. The van der Waals surface area contributed by atoms with E-state index < -0.39 is 5.91 Å². The van der Waals surface area contributed by atoms with Gasteiger partial charge in [-0.2, -0.15) is 0 Å². The van der Waals surface area contributed by atoms with Gasteiger partial charge in [0.05, 0.1) is 0 Å². The summed E-state index contributed by atoms with van der Waals surface area (Å²) in [5, 5.41) is 2.76. The highest BCUT2D eigenvalue weighted by atomic mass is 32.1. The fourth-order valence-corrected chi connectivity index (χ4v) is 2.92. The Labute approximate surface area is 131 Å². The average molecular weight is 313 g/mol. The lowest BCUT2D eigenvalue weighted by atomic mass is 10.1. The van der Waals surface area contributed by atoms with Crippen molar-refractivity contribution >= 4 is 22.2 Å². The molecule has 0 radical (unpaired) electrons. The maximum atomic E-state index is 12.3. The second-order valence-corrected chi connectivity index (χ2v) is 6.35. The molecule has 6 heteroatoms. The summed E-state index contributed by atoms with van der Waals surface area (Å²) in [6.07, 6.45) is 3.05. The first kappa shape index (κ1) is 14.5. The lowest BCUT2D eigenvalue weighted by molar-refractivity contribution is 0.0949. The van der Waals surface area contributed by atoms with Crippen molar-refractivity contribution < 1.29 is 4.79 Å². The molecule has 1 N–H and O–H groups in total. The van der Waals surface area contributed by atoms with Gasteiger partial charge in [0.1, 0.15) is 5.56 Å². The first-order valence-corrected chi connectivity index (χ1v) is 7.68. The molecule has 1 amide bonds. The van der Waals surface area contributed by atoms with E-state index >= 15 is 0 Å². The van der Waals surface area contributed by atoms with E-state index in [1.165, 1.54) is 21.9 Å². The summed E-state index contributed by atoms with van der Waals surface area (Å²) in [6, 6.07) is 7.87. The molecule has 3 aromatic rings. The van der Waals surface area contributed by atoms with E-state index in [1.54, 1.807) is 6.20 Å². The van der Waals surface area contributed by atoms with Crippen LogP contribution in [0.25, 0.3) is 4.96 Å². The SMILES string of the molecule is Cc1ccc(CNC(=O)c2cnc3sc(C)cn3c2=O)cc1. The van der Waals surface area contributed by atoms with E-state index in [-0.39, 0.29) is 11.1 Å². The van der Waals surface area contributed by atoms with Gasteiger partial charge in [-0.1, -0.05) is 29.8 Å². The predicted molar refractivity (Wildman–Crippen MR) is 86.4 cm³/mol. The van der Waals surface area contributed by atoms with Crippen molar-refractivity contribution in [3.05, 3.63) is 68.6 Å². The van der Waals surface area contributed by atoms with E-state index in [1.807, 2.05) is 38.1 Å². The third-order valence-corrected chi connectivity index (χ3v) is 4.25. The quantitative estimate of drug-likeness (QED) is 0.807. The van der Waals surface area contributed by atoms with Crippen LogP contribution in [0.1, 0.15) is 26.4 Å². The van der Waals surface area contributed by atoms with Gasteiger partial charge in [-0.15, -0.1) is 11.3 Å². The molecule has 1 aromatic carbocycles. The topological polar surface area (TPSA) is 63.5 Å². The van der Waals surface area contributed by atoms with Crippen LogP contribution in [-0.2, 0) is 6.54 Å². The number of hydrogen-bond acceptors (Lipinski definition) is 4. The highest BCUT2D eigenvalue weighted by Gasteiger charge is 2.14. The summed E-state index contributed by atoms with van der Waals surface area (Å²) in [4.78, 5) is 30.2. The van der Waals surface area contributed by atoms with Gasteiger partial charge >= 0.3 is 0 Å². The summed E-state index contributed by atoms with van der Waals surface area (Å²) in [5.41, 5.74) is 1.87. The third kappa shape index (κ3) is 2.78. The summed E-state index contributed by atoms with van der Waals surface area (Å²) >= 11 is 1.42. The van der Waals surface area contributed by atoms with Crippen LogP contribution in [-0.4, -0.2) is 15.3 Å². The Morgan fingerprint density at radius 3 is 2.73 bits per heavy atom. The molecule has 0 unspecified atom stereocenters. The number of amides is 1. The van der Waals surface area contributed by atoms with Crippen molar-refractivity contribution in [2.75, 3.05) is 0 Å². The normalized spacial score (nSPS) is 10.8. The summed E-state index contributed by atoms with van der Waals surface area (Å²) in [6.45, 7) is 4.28. The number of aromatic nitrogens is 2. The maximum absolute atomic E-state index is 12.3. The fraction of sp³-hybridized carbons (Fsp3) is 0.188. The minimum atomic E-state index is -0.406. The Morgan fingerprint density at radius 1 is 1.27 bits per heavy atom. The largest absolute Gasteiger partial charge is 0.348 e. The van der Waals surface area contributed by atoms with Gasteiger partial charge in [-0.3, -0.25) is 14.0 Å². The summed E-state index contributed by atoms with van der Waals surface area (Å²) in [5.74, 6) is -0.406. The van der Waals surface area contributed by atoms with Crippen LogP contribution >= 0.6 is 11.3 Å². The van der Waals surface area contributed by atoms with Crippen molar-refractivity contribution in [1.82, 2.24) is 14.7 Å². The van der Waals surface area contributed by atoms with Crippen LogP contribution in [0.3, 0.4) is 0 Å². The third-order valence-electron chi connectivity index (χ3n) is 3.34. The number of rotatable bonds is 3. The lowest BCUT2D eigenvalue weighted by Gasteiger charge is -2.05. The van der Waals surface area contributed by atoms with E-state index in [0.29, 0.717) is 11.5 Å². The number of aryl methyl sites for hydroxylation is 2. The molecule has 0 aliphatic rings. The molecule has 3 rings (SSSR count). The molecule has 0 saturated heterocycles. The van der Waals surface area contributed by atoms with E-state index in [9.17, 15) is 9.59 Å². The van der Waals surface area contributed by atoms with Crippen molar-refractivity contribution in [3.63, 3.8) is 0 Å². The minimum absolute atomic E-state index is 0.0578. The Kier molecular flexibility index (Phi) is 3.77. The van der Waals surface area contributed by atoms with Crippen LogP contribution in [0.5, 0.6) is 0 Å². The number of carbonyl (C=O) groups excluding carboxylic acids is 1. The van der Waals surface area contributed by atoms with Crippen LogP contribution in [0.4, 0.5) is 0 Å². The first-order valence-electron chi connectivity index (χ1n) is 6.86. The minimum Gasteiger partial charge on any atom is -0.348 e. The molecule has 112 valence electrons. The monoisotopic (exact) mass is 313 g/mol. The zero-order chi connectivity index (χ0) is 15.7. The number of thiazole rings is 1. The highest BCUT2D eigenvalue weighted by molar-refractivity contribution is 7.16. The predicted octanol–water partition coefficient (Wildman–Crippen LogP) is 2.30. The van der Waals surface area contributed by atoms with Crippen molar-refractivity contribution in [3.8, 4) is 0 Å². The smallest absolute Gasteiger partial charge is 0.271 e. The fourth-order valence-electron chi connectivity index (χ4n) is 2.13. The maximum Gasteiger partial charge on any atom is 0.271 e. The highest BCUT2D eigenvalue weighted by Crippen LogP contribution is 2.12. The van der Waals surface area contributed by atoms with E-state index in [2.05, 4.69) is 10.3 Å². The molecular weight excluding hydrogens is 298 g/mol. The molecule has 2 heterocycles. The van der Waals surface area contributed by atoms with Gasteiger partial charge in [0.25, 0.3) is 11.5 Å².